The molecule has 1 aromatic carbocycles. The number of hydrogen-bond acceptors (Lipinski definition) is 3. The average molecular weight is 292 g/mol. The van der Waals surface area contributed by atoms with Crippen molar-refractivity contribution in [2.24, 2.45) is 11.7 Å². The summed E-state index contributed by atoms with van der Waals surface area (Å²) >= 11 is 4.89. The summed E-state index contributed by atoms with van der Waals surface area (Å²) in [6.07, 6.45) is 2.13. The third kappa shape index (κ3) is 4.28. The lowest BCUT2D eigenvalue weighted by atomic mass is 9.97. The molecule has 0 radical (unpaired) electrons. The quantitative estimate of drug-likeness (QED) is 0.810. The highest BCUT2D eigenvalue weighted by molar-refractivity contribution is 7.80. The summed E-state index contributed by atoms with van der Waals surface area (Å²) < 4.78 is 0. The fourth-order valence-corrected chi connectivity index (χ4v) is 2.73. The van der Waals surface area contributed by atoms with E-state index in [9.17, 15) is 4.79 Å². The predicted molar refractivity (Wildman–Crippen MR) is 82.6 cm³/mol. The molecule has 1 aliphatic rings. The predicted octanol–water partition coefficient (Wildman–Crippen LogP) is 1.81. The molecule has 20 heavy (non-hydrogen) atoms. The first-order valence-corrected chi connectivity index (χ1v) is 7.26. The number of piperidine rings is 1. The Bertz CT molecular complexity index is 479. The number of nitrogens with zero attached hydrogens (tertiary/aromatic N) is 1. The van der Waals surface area contributed by atoms with E-state index in [0.29, 0.717) is 11.4 Å². The van der Waals surface area contributed by atoms with Crippen LogP contribution >= 0.6 is 12.2 Å². The van der Waals surface area contributed by atoms with E-state index in [2.05, 4.69) is 29.2 Å². The van der Waals surface area contributed by atoms with Crippen LogP contribution in [0.4, 0.5) is 0 Å². The minimum atomic E-state index is -0.660. The lowest BCUT2D eigenvalue weighted by Crippen LogP contribution is -2.35. The molecular formula is C15H20N2O2S. The molecule has 0 saturated carbocycles. The maximum atomic E-state index is 10.9. The Balaban J connectivity index is 1.85. The lowest BCUT2D eigenvalue weighted by molar-refractivity contribution is -0.143. The number of rotatable bonds is 5. The summed E-state index contributed by atoms with van der Waals surface area (Å²) in [6.45, 7) is 2.58. The van der Waals surface area contributed by atoms with Crippen molar-refractivity contribution in [2.75, 3.05) is 13.1 Å². The third-order valence-corrected chi connectivity index (χ3v) is 3.89. The number of hydrogen-bond donors (Lipinski definition) is 2. The standard InChI is InChI=1S/C15H20N2O2S/c16-14(20)9-11-1-3-12(4-2-11)10-17-7-5-13(6-8-17)15(18)19/h1-4,13H,5-10H2,(H2,16,20)(H,18,19). The van der Waals surface area contributed by atoms with E-state index in [1.165, 1.54) is 5.56 Å². The topological polar surface area (TPSA) is 66.6 Å². The molecule has 0 bridgehead atoms. The second kappa shape index (κ2) is 6.81. The molecule has 0 aromatic heterocycles. The van der Waals surface area contributed by atoms with Gasteiger partial charge in [-0.2, -0.15) is 0 Å². The summed E-state index contributed by atoms with van der Waals surface area (Å²) in [5, 5.41) is 8.98. The molecule has 108 valence electrons. The maximum Gasteiger partial charge on any atom is 0.306 e. The number of carboxylic acid groups (broad SMARTS) is 1. The summed E-state index contributed by atoms with van der Waals surface area (Å²) in [5.74, 6) is -0.828. The van der Waals surface area contributed by atoms with Crippen LogP contribution in [-0.4, -0.2) is 34.1 Å². The second-order valence-corrected chi connectivity index (χ2v) is 5.87. The summed E-state index contributed by atoms with van der Waals surface area (Å²) in [6, 6.07) is 8.30. The smallest absolute Gasteiger partial charge is 0.306 e. The van der Waals surface area contributed by atoms with Crippen LogP contribution in [-0.2, 0) is 17.8 Å². The van der Waals surface area contributed by atoms with Gasteiger partial charge in [0.25, 0.3) is 0 Å². The van der Waals surface area contributed by atoms with E-state index >= 15 is 0 Å². The molecule has 1 heterocycles. The first kappa shape index (κ1) is 14.9. The van der Waals surface area contributed by atoms with Crippen LogP contribution in [0.15, 0.2) is 24.3 Å². The Hall–Kier alpha value is -1.46. The molecular weight excluding hydrogens is 272 g/mol. The molecule has 2 rings (SSSR count). The highest BCUT2D eigenvalue weighted by Gasteiger charge is 2.24. The third-order valence-electron chi connectivity index (χ3n) is 3.74. The van der Waals surface area contributed by atoms with Crippen LogP contribution in [0.3, 0.4) is 0 Å². The van der Waals surface area contributed by atoms with E-state index in [1.54, 1.807) is 0 Å². The average Bonchev–Trinajstić information content (AvgIpc) is 2.41. The van der Waals surface area contributed by atoms with Crippen molar-refractivity contribution in [3.63, 3.8) is 0 Å². The Labute approximate surface area is 124 Å². The molecule has 1 saturated heterocycles. The molecule has 1 aromatic rings. The van der Waals surface area contributed by atoms with Crippen molar-refractivity contribution >= 4 is 23.2 Å². The summed E-state index contributed by atoms with van der Waals surface area (Å²) in [4.78, 5) is 13.7. The molecule has 3 N–H and O–H groups in total. The fourth-order valence-electron chi connectivity index (χ4n) is 2.56. The van der Waals surface area contributed by atoms with Crippen LogP contribution in [0.1, 0.15) is 24.0 Å². The fraction of sp³-hybridized carbons (Fsp3) is 0.467. The molecule has 0 unspecified atom stereocenters. The van der Waals surface area contributed by atoms with Gasteiger partial charge in [0.05, 0.1) is 10.9 Å². The number of nitrogens with two attached hydrogens (primary N) is 1. The van der Waals surface area contributed by atoms with Gasteiger partial charge in [-0.05, 0) is 37.1 Å². The van der Waals surface area contributed by atoms with E-state index < -0.39 is 5.97 Å². The minimum absolute atomic E-state index is 0.167. The number of thiocarbonyl (C=S) groups is 1. The van der Waals surface area contributed by atoms with Gasteiger partial charge in [-0.3, -0.25) is 9.69 Å². The summed E-state index contributed by atoms with van der Waals surface area (Å²) in [5.41, 5.74) is 7.90. The van der Waals surface area contributed by atoms with Crippen molar-refractivity contribution in [3.8, 4) is 0 Å². The van der Waals surface area contributed by atoms with Crippen LogP contribution in [0.5, 0.6) is 0 Å². The highest BCUT2D eigenvalue weighted by Crippen LogP contribution is 2.19. The van der Waals surface area contributed by atoms with Gasteiger partial charge in [-0.1, -0.05) is 36.5 Å². The van der Waals surface area contributed by atoms with Gasteiger partial charge in [0, 0.05) is 13.0 Å². The normalized spacial score (nSPS) is 17.0. The summed E-state index contributed by atoms with van der Waals surface area (Å²) in [7, 11) is 0. The van der Waals surface area contributed by atoms with E-state index in [4.69, 9.17) is 23.1 Å². The zero-order valence-corrected chi connectivity index (χ0v) is 12.2. The van der Waals surface area contributed by atoms with Gasteiger partial charge in [-0.15, -0.1) is 0 Å². The van der Waals surface area contributed by atoms with E-state index in [0.717, 1.165) is 38.0 Å². The number of likely N-dealkylation sites (tertiary alicyclic amines) is 1. The first-order chi connectivity index (χ1) is 9.54. The molecule has 5 heteroatoms. The Kier molecular flexibility index (Phi) is 5.09. The molecule has 1 fully saturated rings. The van der Waals surface area contributed by atoms with Gasteiger partial charge in [-0.25, -0.2) is 0 Å². The highest BCUT2D eigenvalue weighted by atomic mass is 32.1. The van der Waals surface area contributed by atoms with E-state index in [-0.39, 0.29) is 5.92 Å². The van der Waals surface area contributed by atoms with Gasteiger partial charge in [0.2, 0.25) is 0 Å². The van der Waals surface area contributed by atoms with Gasteiger partial charge in [0.1, 0.15) is 0 Å². The lowest BCUT2D eigenvalue weighted by Gasteiger charge is -2.30. The Morgan fingerprint density at radius 1 is 1.25 bits per heavy atom. The number of carbonyl (C=O) groups is 1. The van der Waals surface area contributed by atoms with Gasteiger partial charge >= 0.3 is 5.97 Å². The van der Waals surface area contributed by atoms with Crippen LogP contribution in [0.25, 0.3) is 0 Å². The van der Waals surface area contributed by atoms with Crippen molar-refractivity contribution in [3.05, 3.63) is 35.4 Å². The van der Waals surface area contributed by atoms with E-state index in [1.807, 2.05) is 0 Å². The Morgan fingerprint density at radius 3 is 2.30 bits per heavy atom. The van der Waals surface area contributed by atoms with Crippen LogP contribution < -0.4 is 5.73 Å². The molecule has 0 spiro atoms. The number of benzene rings is 1. The molecule has 0 atom stereocenters. The van der Waals surface area contributed by atoms with Crippen LogP contribution in [0.2, 0.25) is 0 Å². The molecule has 4 nitrogen and oxygen atoms in total. The largest absolute Gasteiger partial charge is 0.481 e. The van der Waals surface area contributed by atoms with Crippen molar-refractivity contribution in [2.45, 2.75) is 25.8 Å². The van der Waals surface area contributed by atoms with Crippen molar-refractivity contribution < 1.29 is 9.90 Å². The molecule has 0 aliphatic carbocycles. The monoisotopic (exact) mass is 292 g/mol. The molecule has 1 aliphatic heterocycles. The minimum Gasteiger partial charge on any atom is -0.481 e. The number of carboxylic acids is 1. The molecule has 0 amide bonds. The number of aliphatic carboxylic acids is 1. The van der Waals surface area contributed by atoms with Gasteiger partial charge in [0.15, 0.2) is 0 Å². The van der Waals surface area contributed by atoms with Crippen molar-refractivity contribution in [1.29, 1.82) is 0 Å². The zero-order valence-electron chi connectivity index (χ0n) is 11.4. The van der Waals surface area contributed by atoms with Crippen molar-refractivity contribution in [1.82, 2.24) is 4.90 Å². The van der Waals surface area contributed by atoms with Gasteiger partial charge < -0.3 is 10.8 Å². The first-order valence-electron chi connectivity index (χ1n) is 6.86. The SMILES string of the molecule is NC(=S)Cc1ccc(CN2CCC(C(=O)O)CC2)cc1. The second-order valence-electron chi connectivity index (χ2n) is 5.35. The maximum absolute atomic E-state index is 10.9. The Morgan fingerprint density at radius 2 is 1.80 bits per heavy atom. The zero-order chi connectivity index (χ0) is 14.5. The van der Waals surface area contributed by atoms with Crippen LogP contribution in [0, 0.1) is 5.92 Å².